The molecule has 0 radical (unpaired) electrons. The summed E-state index contributed by atoms with van der Waals surface area (Å²) in [5.74, 6) is 2.01. The van der Waals surface area contributed by atoms with E-state index in [0.717, 1.165) is 37.6 Å². The second-order valence-electron chi connectivity index (χ2n) is 3.73. The first-order chi connectivity index (χ1) is 7.27. The van der Waals surface area contributed by atoms with Crippen LogP contribution in [0.2, 0.25) is 0 Å². The molecule has 1 aromatic heterocycles. The van der Waals surface area contributed by atoms with Gasteiger partial charge < -0.3 is 10.2 Å². The number of hydrogen-bond acceptors (Lipinski definition) is 3. The predicted molar refractivity (Wildman–Crippen MR) is 66.6 cm³/mol. The number of rotatable bonds is 6. The zero-order valence-electron chi connectivity index (χ0n) is 9.95. The molecule has 3 heteroatoms. The Balaban J connectivity index is 2.64. The molecule has 0 atom stereocenters. The molecule has 0 aliphatic rings. The third-order valence-corrected chi connectivity index (χ3v) is 2.24. The monoisotopic (exact) mass is 207 g/mol. The number of pyridine rings is 1. The summed E-state index contributed by atoms with van der Waals surface area (Å²) in [7, 11) is 2.08. The molecular weight excluding hydrogens is 186 g/mol. The zero-order valence-corrected chi connectivity index (χ0v) is 9.95. The lowest BCUT2D eigenvalue weighted by molar-refractivity contribution is 0.837. The Morgan fingerprint density at radius 3 is 2.73 bits per heavy atom. The van der Waals surface area contributed by atoms with Gasteiger partial charge in [-0.05, 0) is 25.0 Å². The molecular formula is C12H21N3. The van der Waals surface area contributed by atoms with Crippen LogP contribution in [0.5, 0.6) is 0 Å². The molecule has 0 aliphatic heterocycles. The Bertz CT molecular complexity index is 286. The molecule has 0 fully saturated rings. The van der Waals surface area contributed by atoms with Crippen LogP contribution >= 0.6 is 0 Å². The summed E-state index contributed by atoms with van der Waals surface area (Å²) in [4.78, 5) is 6.72. The molecule has 1 heterocycles. The van der Waals surface area contributed by atoms with Crippen molar-refractivity contribution in [2.24, 2.45) is 0 Å². The summed E-state index contributed by atoms with van der Waals surface area (Å²) in [6, 6.07) is 6.11. The molecule has 0 spiro atoms. The Hall–Kier alpha value is -1.25. The van der Waals surface area contributed by atoms with Crippen LogP contribution in [-0.4, -0.2) is 25.1 Å². The van der Waals surface area contributed by atoms with E-state index in [0.29, 0.717) is 0 Å². The van der Waals surface area contributed by atoms with Gasteiger partial charge >= 0.3 is 0 Å². The third-order valence-electron chi connectivity index (χ3n) is 2.24. The highest BCUT2D eigenvalue weighted by Gasteiger charge is 2.01. The number of aromatic nitrogens is 1. The van der Waals surface area contributed by atoms with Crippen LogP contribution in [0.25, 0.3) is 0 Å². The van der Waals surface area contributed by atoms with Crippen molar-refractivity contribution in [1.82, 2.24) is 4.98 Å². The van der Waals surface area contributed by atoms with E-state index in [-0.39, 0.29) is 0 Å². The Morgan fingerprint density at radius 1 is 1.27 bits per heavy atom. The maximum atomic E-state index is 4.54. The summed E-state index contributed by atoms with van der Waals surface area (Å²) in [6.07, 6.45) is 2.27. The van der Waals surface area contributed by atoms with Gasteiger partial charge in [0.2, 0.25) is 0 Å². The van der Waals surface area contributed by atoms with Crippen molar-refractivity contribution in [2.45, 2.75) is 26.7 Å². The number of nitrogens with zero attached hydrogens (tertiary/aromatic N) is 2. The van der Waals surface area contributed by atoms with Crippen LogP contribution in [0.1, 0.15) is 26.7 Å². The summed E-state index contributed by atoms with van der Waals surface area (Å²) >= 11 is 0. The summed E-state index contributed by atoms with van der Waals surface area (Å²) in [5, 5.41) is 3.29. The van der Waals surface area contributed by atoms with Gasteiger partial charge in [-0.3, -0.25) is 0 Å². The van der Waals surface area contributed by atoms with Gasteiger partial charge in [0.15, 0.2) is 0 Å². The minimum atomic E-state index is 0.970. The van der Waals surface area contributed by atoms with Gasteiger partial charge in [-0.25, -0.2) is 4.98 Å². The van der Waals surface area contributed by atoms with E-state index < -0.39 is 0 Å². The number of hydrogen-bond donors (Lipinski definition) is 1. The van der Waals surface area contributed by atoms with Crippen molar-refractivity contribution in [3.63, 3.8) is 0 Å². The number of nitrogens with one attached hydrogen (secondary N) is 1. The van der Waals surface area contributed by atoms with Crippen LogP contribution in [0, 0.1) is 0 Å². The van der Waals surface area contributed by atoms with Crippen LogP contribution in [0.3, 0.4) is 0 Å². The molecule has 0 bridgehead atoms. The first kappa shape index (κ1) is 11.8. The molecule has 0 saturated heterocycles. The quantitative estimate of drug-likeness (QED) is 0.777. The van der Waals surface area contributed by atoms with Crippen molar-refractivity contribution in [2.75, 3.05) is 30.4 Å². The molecule has 1 rings (SSSR count). The average Bonchev–Trinajstić information content (AvgIpc) is 2.27. The molecule has 0 aliphatic carbocycles. The van der Waals surface area contributed by atoms with Gasteiger partial charge in [0.1, 0.15) is 11.6 Å². The fraction of sp³-hybridized carbons (Fsp3) is 0.583. The van der Waals surface area contributed by atoms with E-state index in [1.807, 2.05) is 18.2 Å². The molecule has 1 aromatic rings. The smallest absolute Gasteiger partial charge is 0.130 e. The number of anilines is 2. The van der Waals surface area contributed by atoms with Crippen LogP contribution in [0.4, 0.5) is 11.6 Å². The van der Waals surface area contributed by atoms with Crippen LogP contribution in [0.15, 0.2) is 18.2 Å². The summed E-state index contributed by atoms with van der Waals surface area (Å²) in [5.41, 5.74) is 0. The minimum absolute atomic E-state index is 0.970. The molecule has 3 nitrogen and oxygen atoms in total. The fourth-order valence-corrected chi connectivity index (χ4v) is 1.44. The van der Waals surface area contributed by atoms with Gasteiger partial charge in [0.05, 0.1) is 0 Å². The highest BCUT2D eigenvalue weighted by molar-refractivity contribution is 5.46. The van der Waals surface area contributed by atoms with Crippen LogP contribution < -0.4 is 10.2 Å². The molecule has 0 amide bonds. The second kappa shape index (κ2) is 6.27. The molecule has 0 unspecified atom stereocenters. The van der Waals surface area contributed by atoms with E-state index >= 15 is 0 Å². The SMILES string of the molecule is CCCNc1cccc(N(C)CCC)n1. The highest BCUT2D eigenvalue weighted by Crippen LogP contribution is 2.12. The third kappa shape index (κ3) is 3.78. The second-order valence-corrected chi connectivity index (χ2v) is 3.73. The van der Waals surface area contributed by atoms with Gasteiger partial charge in [-0.2, -0.15) is 0 Å². The van der Waals surface area contributed by atoms with Gasteiger partial charge in [-0.15, -0.1) is 0 Å². The van der Waals surface area contributed by atoms with Gasteiger partial charge in [-0.1, -0.05) is 19.9 Å². The Labute approximate surface area is 92.5 Å². The van der Waals surface area contributed by atoms with Gasteiger partial charge in [0.25, 0.3) is 0 Å². The van der Waals surface area contributed by atoms with Crippen LogP contribution in [-0.2, 0) is 0 Å². The highest BCUT2D eigenvalue weighted by atomic mass is 15.2. The zero-order chi connectivity index (χ0) is 11.1. The van der Waals surface area contributed by atoms with E-state index in [4.69, 9.17) is 0 Å². The topological polar surface area (TPSA) is 28.2 Å². The van der Waals surface area contributed by atoms with Crippen molar-refractivity contribution in [3.8, 4) is 0 Å². The van der Waals surface area contributed by atoms with Crippen molar-refractivity contribution < 1.29 is 0 Å². The Kier molecular flexibility index (Phi) is 4.95. The summed E-state index contributed by atoms with van der Waals surface area (Å²) < 4.78 is 0. The minimum Gasteiger partial charge on any atom is -0.370 e. The fourth-order valence-electron chi connectivity index (χ4n) is 1.44. The lowest BCUT2D eigenvalue weighted by Crippen LogP contribution is -2.19. The lowest BCUT2D eigenvalue weighted by atomic mass is 10.3. The molecule has 0 saturated carbocycles. The van der Waals surface area contributed by atoms with E-state index in [1.165, 1.54) is 0 Å². The van der Waals surface area contributed by atoms with Crippen molar-refractivity contribution >= 4 is 11.6 Å². The van der Waals surface area contributed by atoms with Gasteiger partial charge in [0, 0.05) is 20.1 Å². The standard InChI is InChI=1S/C12H21N3/c1-4-9-13-11-7-6-8-12(14-11)15(3)10-5-2/h6-8H,4-5,9-10H2,1-3H3,(H,13,14). The van der Waals surface area contributed by atoms with E-state index in [1.54, 1.807) is 0 Å². The first-order valence-electron chi connectivity index (χ1n) is 5.70. The summed E-state index contributed by atoms with van der Waals surface area (Å²) in [6.45, 7) is 6.36. The first-order valence-corrected chi connectivity index (χ1v) is 5.70. The maximum Gasteiger partial charge on any atom is 0.130 e. The normalized spacial score (nSPS) is 10.1. The largest absolute Gasteiger partial charge is 0.370 e. The average molecular weight is 207 g/mol. The van der Waals surface area contributed by atoms with Crippen molar-refractivity contribution in [1.29, 1.82) is 0 Å². The van der Waals surface area contributed by atoms with E-state index in [2.05, 4.69) is 36.1 Å². The molecule has 1 N–H and O–H groups in total. The van der Waals surface area contributed by atoms with Crippen molar-refractivity contribution in [3.05, 3.63) is 18.2 Å². The Morgan fingerprint density at radius 2 is 2.07 bits per heavy atom. The maximum absolute atomic E-state index is 4.54. The molecule has 84 valence electrons. The van der Waals surface area contributed by atoms with E-state index in [9.17, 15) is 0 Å². The lowest BCUT2D eigenvalue weighted by Gasteiger charge is -2.17. The predicted octanol–water partition coefficient (Wildman–Crippen LogP) is 2.75. The molecule has 0 aromatic carbocycles. The molecule has 15 heavy (non-hydrogen) atoms.